The maximum Gasteiger partial charge on any atom is 0.0622 e. The summed E-state index contributed by atoms with van der Waals surface area (Å²) >= 11 is 9.81. The Morgan fingerprint density at radius 2 is 2.15 bits per heavy atom. The van der Waals surface area contributed by atoms with Crippen LogP contribution < -0.4 is 5.32 Å². The van der Waals surface area contributed by atoms with E-state index in [-0.39, 0.29) is 6.04 Å². The van der Waals surface area contributed by atoms with Crippen LogP contribution in [0.5, 0.6) is 0 Å². The monoisotopic (exact) mass is 352 g/mol. The first-order chi connectivity index (χ1) is 9.61. The van der Waals surface area contributed by atoms with Crippen molar-refractivity contribution in [2.24, 2.45) is 0 Å². The van der Waals surface area contributed by atoms with Crippen molar-refractivity contribution < 1.29 is 0 Å². The Hall–Kier alpha value is -0.900. The number of rotatable bonds is 5. The van der Waals surface area contributed by atoms with Crippen molar-refractivity contribution in [3.63, 3.8) is 0 Å². The molecule has 2 rings (SSSR count). The highest BCUT2D eigenvalue weighted by atomic mass is 79.9. The summed E-state index contributed by atoms with van der Waals surface area (Å²) < 4.78 is 1.14. The zero-order valence-corrected chi connectivity index (χ0v) is 14.0. The minimum absolute atomic E-state index is 0.247. The van der Waals surface area contributed by atoms with Gasteiger partial charge in [-0.1, -0.05) is 46.6 Å². The van der Waals surface area contributed by atoms with Crippen LogP contribution in [0.2, 0.25) is 5.02 Å². The number of aryl methyl sites for hydroxylation is 1. The van der Waals surface area contributed by atoms with E-state index in [0.717, 1.165) is 28.0 Å². The Balaban J connectivity index is 2.27. The van der Waals surface area contributed by atoms with Crippen LogP contribution >= 0.6 is 27.5 Å². The predicted molar refractivity (Wildman–Crippen MR) is 88.2 cm³/mol. The lowest BCUT2D eigenvalue weighted by molar-refractivity contribution is 0.549. The highest BCUT2D eigenvalue weighted by Crippen LogP contribution is 2.26. The summed E-state index contributed by atoms with van der Waals surface area (Å²) in [5, 5.41) is 4.25. The molecular formula is C16H18BrClN2. The molecule has 2 nitrogen and oxygen atoms in total. The normalized spacial score (nSPS) is 12.4. The Labute approximate surface area is 133 Å². The zero-order chi connectivity index (χ0) is 14.5. The molecule has 1 aromatic heterocycles. The third-order valence-electron chi connectivity index (χ3n) is 3.33. The van der Waals surface area contributed by atoms with E-state index in [4.69, 9.17) is 11.6 Å². The van der Waals surface area contributed by atoms with Crippen LogP contribution in [0, 0.1) is 6.92 Å². The molecule has 4 heteroatoms. The quantitative estimate of drug-likeness (QED) is 0.843. The van der Waals surface area contributed by atoms with Crippen LogP contribution in [0.3, 0.4) is 0 Å². The van der Waals surface area contributed by atoms with E-state index < -0.39 is 0 Å². The molecule has 0 aliphatic rings. The number of aromatic nitrogens is 1. The molecular weight excluding hydrogens is 336 g/mol. The first kappa shape index (κ1) is 15.5. The van der Waals surface area contributed by atoms with Crippen molar-refractivity contribution in [1.29, 1.82) is 0 Å². The van der Waals surface area contributed by atoms with Gasteiger partial charge in [-0.05, 0) is 48.7 Å². The van der Waals surface area contributed by atoms with E-state index in [9.17, 15) is 0 Å². The highest BCUT2D eigenvalue weighted by molar-refractivity contribution is 9.10. The van der Waals surface area contributed by atoms with Crippen molar-refractivity contribution in [2.75, 3.05) is 6.54 Å². The van der Waals surface area contributed by atoms with Gasteiger partial charge in [0.15, 0.2) is 0 Å². The van der Waals surface area contributed by atoms with Crippen LogP contribution in [0.25, 0.3) is 0 Å². The van der Waals surface area contributed by atoms with E-state index >= 15 is 0 Å². The van der Waals surface area contributed by atoms with Gasteiger partial charge in [0.25, 0.3) is 0 Å². The molecule has 1 unspecified atom stereocenters. The Bertz CT molecular complexity index is 586. The third kappa shape index (κ3) is 3.81. The van der Waals surface area contributed by atoms with E-state index in [1.165, 1.54) is 11.1 Å². The lowest BCUT2D eigenvalue weighted by atomic mass is 9.98. The fourth-order valence-electron chi connectivity index (χ4n) is 2.17. The van der Waals surface area contributed by atoms with Gasteiger partial charge in [-0.2, -0.15) is 0 Å². The molecule has 1 aromatic carbocycles. The zero-order valence-electron chi connectivity index (χ0n) is 11.7. The summed E-state index contributed by atoms with van der Waals surface area (Å²) in [4.78, 5) is 4.04. The van der Waals surface area contributed by atoms with Gasteiger partial charge in [0, 0.05) is 22.9 Å². The van der Waals surface area contributed by atoms with Crippen LogP contribution in [0.15, 0.2) is 41.1 Å². The average molecular weight is 354 g/mol. The van der Waals surface area contributed by atoms with Crippen molar-refractivity contribution in [3.05, 3.63) is 62.8 Å². The first-order valence-electron chi connectivity index (χ1n) is 6.69. The number of pyridine rings is 1. The second-order valence-corrected chi connectivity index (χ2v) is 6.05. The van der Waals surface area contributed by atoms with Gasteiger partial charge in [-0.3, -0.25) is 4.98 Å². The molecule has 20 heavy (non-hydrogen) atoms. The van der Waals surface area contributed by atoms with Crippen LogP contribution in [-0.2, 0) is 6.42 Å². The molecule has 0 aliphatic heterocycles. The molecule has 106 valence electrons. The molecule has 1 N–H and O–H groups in total. The lowest BCUT2D eigenvalue weighted by Gasteiger charge is -2.20. The highest BCUT2D eigenvalue weighted by Gasteiger charge is 2.14. The van der Waals surface area contributed by atoms with Gasteiger partial charge in [0.05, 0.1) is 5.02 Å². The average Bonchev–Trinajstić information content (AvgIpc) is 2.44. The van der Waals surface area contributed by atoms with Crippen LogP contribution in [0.4, 0.5) is 0 Å². The third-order valence-corrected chi connectivity index (χ3v) is 4.52. The second kappa shape index (κ2) is 7.21. The van der Waals surface area contributed by atoms with Crippen LogP contribution in [-0.4, -0.2) is 11.5 Å². The second-order valence-electron chi connectivity index (χ2n) is 4.79. The number of hydrogen-bond donors (Lipinski definition) is 1. The number of benzene rings is 1. The minimum Gasteiger partial charge on any atom is -0.310 e. The smallest absolute Gasteiger partial charge is 0.0622 e. The molecule has 0 spiro atoms. The number of likely N-dealkylation sites (N-methyl/N-ethyl adjacent to an activating group) is 1. The predicted octanol–water partition coefficient (Wildman–Crippen LogP) is 4.70. The van der Waals surface area contributed by atoms with Gasteiger partial charge in [0.2, 0.25) is 0 Å². The Morgan fingerprint density at radius 3 is 2.80 bits per heavy atom. The fraction of sp³-hybridized carbons (Fsp3) is 0.312. The molecule has 0 bridgehead atoms. The summed E-state index contributed by atoms with van der Waals surface area (Å²) in [5.74, 6) is 0. The Kier molecular flexibility index (Phi) is 5.58. The van der Waals surface area contributed by atoms with Gasteiger partial charge < -0.3 is 5.32 Å². The Morgan fingerprint density at radius 1 is 1.35 bits per heavy atom. The molecule has 0 radical (unpaired) electrons. The fourth-order valence-corrected chi connectivity index (χ4v) is 2.76. The minimum atomic E-state index is 0.247. The maximum atomic E-state index is 6.21. The summed E-state index contributed by atoms with van der Waals surface area (Å²) in [6.45, 7) is 5.12. The molecule has 1 atom stereocenters. The summed E-state index contributed by atoms with van der Waals surface area (Å²) in [6, 6.07) is 8.71. The van der Waals surface area contributed by atoms with E-state index in [2.05, 4.69) is 58.3 Å². The molecule has 0 aliphatic carbocycles. The van der Waals surface area contributed by atoms with Gasteiger partial charge >= 0.3 is 0 Å². The first-order valence-corrected chi connectivity index (χ1v) is 7.86. The van der Waals surface area contributed by atoms with E-state index in [1.807, 2.05) is 6.07 Å². The summed E-state index contributed by atoms with van der Waals surface area (Å²) in [7, 11) is 0. The molecule has 0 saturated heterocycles. The van der Waals surface area contributed by atoms with Crippen molar-refractivity contribution in [2.45, 2.75) is 26.3 Å². The van der Waals surface area contributed by atoms with Crippen molar-refractivity contribution in [3.8, 4) is 0 Å². The van der Waals surface area contributed by atoms with Crippen molar-refractivity contribution in [1.82, 2.24) is 10.3 Å². The SMILES string of the molecule is CCNC(Cc1ccncc1Cl)c1ccc(C)c(Br)c1. The molecule has 1 heterocycles. The standard InChI is InChI=1S/C16H18BrClN2/c1-3-20-16(9-12-6-7-19-10-15(12)18)13-5-4-11(2)14(17)8-13/h4-8,10,16,20H,3,9H2,1-2H3. The largest absolute Gasteiger partial charge is 0.310 e. The molecule has 0 saturated carbocycles. The lowest BCUT2D eigenvalue weighted by Crippen LogP contribution is -2.23. The molecule has 2 aromatic rings. The number of hydrogen-bond acceptors (Lipinski definition) is 2. The number of nitrogens with one attached hydrogen (secondary N) is 1. The summed E-state index contributed by atoms with van der Waals surface area (Å²) in [6.07, 6.45) is 4.34. The van der Waals surface area contributed by atoms with Gasteiger partial charge in [-0.15, -0.1) is 0 Å². The number of nitrogens with zero attached hydrogens (tertiary/aromatic N) is 1. The molecule has 0 fully saturated rings. The topological polar surface area (TPSA) is 24.9 Å². The number of halogens is 2. The maximum absolute atomic E-state index is 6.21. The molecule has 0 amide bonds. The summed E-state index contributed by atoms with van der Waals surface area (Å²) in [5.41, 5.74) is 3.62. The van der Waals surface area contributed by atoms with E-state index in [1.54, 1.807) is 12.4 Å². The van der Waals surface area contributed by atoms with E-state index in [0.29, 0.717) is 0 Å². The van der Waals surface area contributed by atoms with Crippen LogP contribution in [0.1, 0.15) is 29.7 Å². The van der Waals surface area contributed by atoms with Crippen molar-refractivity contribution >= 4 is 27.5 Å². The van der Waals surface area contributed by atoms with Gasteiger partial charge in [0.1, 0.15) is 0 Å². The van der Waals surface area contributed by atoms with Gasteiger partial charge in [-0.25, -0.2) is 0 Å².